The van der Waals surface area contributed by atoms with Crippen molar-refractivity contribution in [2.45, 2.75) is 25.3 Å². The van der Waals surface area contributed by atoms with Crippen molar-refractivity contribution in [2.24, 2.45) is 0 Å². The molecule has 1 aromatic carbocycles. The maximum Gasteiger partial charge on any atom is 0.228 e. The number of halogens is 1. The highest BCUT2D eigenvalue weighted by Crippen LogP contribution is 2.21. The number of aliphatic hydroxyl groups excluding tert-OH is 1. The van der Waals surface area contributed by atoms with Crippen LogP contribution in [0, 0.1) is 5.82 Å². The number of aromatic nitrogens is 1. The fraction of sp³-hybridized carbons (Fsp3) is 0.294. The van der Waals surface area contributed by atoms with Gasteiger partial charge in [-0.3, -0.25) is 9.78 Å². The zero-order valence-corrected chi connectivity index (χ0v) is 12.4. The second-order valence-corrected chi connectivity index (χ2v) is 5.22. The molecule has 1 aromatic heterocycles. The van der Waals surface area contributed by atoms with Crippen LogP contribution in [0.3, 0.4) is 0 Å². The Morgan fingerprint density at radius 2 is 2.00 bits per heavy atom. The molecule has 2 atom stereocenters. The van der Waals surface area contributed by atoms with Crippen molar-refractivity contribution in [2.75, 3.05) is 6.61 Å². The molecule has 0 saturated heterocycles. The van der Waals surface area contributed by atoms with Gasteiger partial charge in [-0.25, -0.2) is 4.39 Å². The van der Waals surface area contributed by atoms with Gasteiger partial charge in [0, 0.05) is 24.4 Å². The van der Waals surface area contributed by atoms with Crippen molar-refractivity contribution in [3.8, 4) is 0 Å². The summed E-state index contributed by atoms with van der Waals surface area (Å²) < 4.78 is 13.1. The second kappa shape index (κ2) is 7.66. The summed E-state index contributed by atoms with van der Waals surface area (Å²) in [5.74, 6) is -1.03. The predicted octanol–water partition coefficient (Wildman–Crippen LogP) is 2.04. The van der Waals surface area contributed by atoms with Crippen LogP contribution >= 0.6 is 0 Å². The number of aliphatic hydroxyl groups is 1. The van der Waals surface area contributed by atoms with Gasteiger partial charge in [-0.2, -0.15) is 0 Å². The first kappa shape index (κ1) is 16.1. The van der Waals surface area contributed by atoms with Crippen LogP contribution in [0.25, 0.3) is 0 Å². The zero-order valence-electron chi connectivity index (χ0n) is 12.4. The van der Waals surface area contributed by atoms with Crippen LogP contribution < -0.4 is 5.32 Å². The van der Waals surface area contributed by atoms with E-state index in [-0.39, 0.29) is 24.4 Å². The third-order valence-electron chi connectivity index (χ3n) is 3.39. The standard InChI is InChI=1S/C17H19FN2O2/c1-12(11-21)20-17(22)16(10-15-4-2-3-9-19-15)13-5-7-14(18)8-6-13/h2-9,12,16,21H,10-11H2,1H3,(H,20,22)/t12-,16?/m0/s1. The van der Waals surface area contributed by atoms with Gasteiger partial charge in [0.1, 0.15) is 5.82 Å². The molecule has 22 heavy (non-hydrogen) atoms. The average Bonchev–Trinajstić information content (AvgIpc) is 2.54. The van der Waals surface area contributed by atoms with E-state index in [1.807, 2.05) is 18.2 Å². The van der Waals surface area contributed by atoms with Gasteiger partial charge in [0.05, 0.1) is 12.5 Å². The lowest BCUT2D eigenvalue weighted by Gasteiger charge is -2.19. The summed E-state index contributed by atoms with van der Waals surface area (Å²) in [6, 6.07) is 11.1. The van der Waals surface area contributed by atoms with Gasteiger partial charge in [-0.05, 0) is 36.8 Å². The highest BCUT2D eigenvalue weighted by atomic mass is 19.1. The van der Waals surface area contributed by atoms with Crippen LogP contribution in [-0.2, 0) is 11.2 Å². The lowest BCUT2D eigenvalue weighted by molar-refractivity contribution is -0.123. The minimum absolute atomic E-state index is 0.133. The number of carbonyl (C=O) groups excluding carboxylic acids is 1. The van der Waals surface area contributed by atoms with Crippen molar-refractivity contribution in [3.63, 3.8) is 0 Å². The molecule has 1 unspecified atom stereocenters. The highest BCUT2D eigenvalue weighted by Gasteiger charge is 2.22. The topological polar surface area (TPSA) is 62.2 Å². The number of amides is 1. The van der Waals surface area contributed by atoms with Gasteiger partial charge in [0.2, 0.25) is 5.91 Å². The molecule has 0 spiro atoms. The Morgan fingerprint density at radius 3 is 2.59 bits per heavy atom. The number of rotatable bonds is 6. The molecule has 2 rings (SSSR count). The summed E-state index contributed by atoms with van der Waals surface area (Å²) in [6.45, 7) is 1.59. The van der Waals surface area contributed by atoms with Gasteiger partial charge in [0.15, 0.2) is 0 Å². The Labute approximate surface area is 129 Å². The molecule has 0 aliphatic rings. The molecule has 1 amide bonds. The molecule has 1 heterocycles. The molecule has 4 nitrogen and oxygen atoms in total. The minimum Gasteiger partial charge on any atom is -0.394 e. The summed E-state index contributed by atoms with van der Waals surface area (Å²) >= 11 is 0. The van der Waals surface area contributed by atoms with Crippen molar-refractivity contribution in [1.29, 1.82) is 0 Å². The van der Waals surface area contributed by atoms with Crippen molar-refractivity contribution in [1.82, 2.24) is 10.3 Å². The number of benzene rings is 1. The molecule has 0 saturated carbocycles. The minimum atomic E-state index is -0.482. The third kappa shape index (κ3) is 4.36. The third-order valence-corrected chi connectivity index (χ3v) is 3.39. The second-order valence-electron chi connectivity index (χ2n) is 5.22. The number of hydrogen-bond donors (Lipinski definition) is 2. The maximum absolute atomic E-state index is 13.1. The SMILES string of the molecule is C[C@@H](CO)NC(=O)C(Cc1ccccn1)c1ccc(F)cc1. The molecule has 0 radical (unpaired) electrons. The summed E-state index contributed by atoms with van der Waals surface area (Å²) in [6.07, 6.45) is 2.09. The van der Waals surface area contributed by atoms with E-state index in [4.69, 9.17) is 5.11 Å². The van der Waals surface area contributed by atoms with Gasteiger partial charge >= 0.3 is 0 Å². The molecule has 0 fully saturated rings. The Hall–Kier alpha value is -2.27. The van der Waals surface area contributed by atoms with E-state index in [2.05, 4.69) is 10.3 Å². The van der Waals surface area contributed by atoms with Crippen molar-refractivity contribution < 1.29 is 14.3 Å². The molecular weight excluding hydrogens is 283 g/mol. The summed E-state index contributed by atoms with van der Waals surface area (Å²) in [4.78, 5) is 16.7. The van der Waals surface area contributed by atoms with Crippen molar-refractivity contribution >= 4 is 5.91 Å². The number of pyridine rings is 1. The van der Waals surface area contributed by atoms with E-state index in [9.17, 15) is 9.18 Å². The van der Waals surface area contributed by atoms with E-state index in [1.165, 1.54) is 12.1 Å². The van der Waals surface area contributed by atoms with Crippen LogP contribution in [0.1, 0.15) is 24.1 Å². The van der Waals surface area contributed by atoms with Crippen LogP contribution in [0.4, 0.5) is 4.39 Å². The smallest absolute Gasteiger partial charge is 0.228 e. The van der Waals surface area contributed by atoms with Crippen LogP contribution in [0.15, 0.2) is 48.7 Å². The Balaban J connectivity index is 2.23. The lowest BCUT2D eigenvalue weighted by Crippen LogP contribution is -2.39. The van der Waals surface area contributed by atoms with Crippen LogP contribution in [-0.4, -0.2) is 28.6 Å². The van der Waals surface area contributed by atoms with Crippen LogP contribution in [0.5, 0.6) is 0 Å². The zero-order chi connectivity index (χ0) is 15.9. The van der Waals surface area contributed by atoms with E-state index in [0.29, 0.717) is 6.42 Å². The number of hydrogen-bond acceptors (Lipinski definition) is 3. The predicted molar refractivity (Wildman–Crippen MR) is 81.8 cm³/mol. The van der Waals surface area contributed by atoms with E-state index < -0.39 is 5.92 Å². The highest BCUT2D eigenvalue weighted by molar-refractivity contribution is 5.84. The Morgan fingerprint density at radius 1 is 1.27 bits per heavy atom. The molecule has 2 N–H and O–H groups in total. The van der Waals surface area contributed by atoms with Gasteiger partial charge in [0.25, 0.3) is 0 Å². The first-order valence-electron chi connectivity index (χ1n) is 7.16. The molecule has 0 aliphatic carbocycles. The first-order valence-corrected chi connectivity index (χ1v) is 7.16. The first-order chi connectivity index (χ1) is 10.6. The van der Waals surface area contributed by atoms with E-state index in [1.54, 1.807) is 25.3 Å². The van der Waals surface area contributed by atoms with E-state index >= 15 is 0 Å². The number of nitrogens with zero attached hydrogens (tertiary/aromatic N) is 1. The normalized spacial score (nSPS) is 13.4. The Bertz CT molecular complexity index is 602. The fourth-order valence-corrected chi connectivity index (χ4v) is 2.17. The Kier molecular flexibility index (Phi) is 5.61. The largest absolute Gasteiger partial charge is 0.394 e. The van der Waals surface area contributed by atoms with Gasteiger partial charge in [-0.1, -0.05) is 18.2 Å². The summed E-state index contributed by atoms with van der Waals surface area (Å²) in [5, 5.41) is 11.8. The molecule has 5 heteroatoms. The van der Waals surface area contributed by atoms with Crippen LogP contribution in [0.2, 0.25) is 0 Å². The number of carbonyl (C=O) groups is 1. The lowest BCUT2D eigenvalue weighted by atomic mass is 9.92. The average molecular weight is 302 g/mol. The molecule has 0 aliphatic heterocycles. The molecule has 0 bridgehead atoms. The summed E-state index contributed by atoms with van der Waals surface area (Å²) in [5.41, 5.74) is 1.50. The van der Waals surface area contributed by atoms with Gasteiger partial charge < -0.3 is 10.4 Å². The quantitative estimate of drug-likeness (QED) is 0.858. The van der Waals surface area contributed by atoms with E-state index in [0.717, 1.165) is 11.3 Å². The molecular formula is C17H19FN2O2. The maximum atomic E-state index is 13.1. The number of nitrogens with one attached hydrogen (secondary N) is 1. The monoisotopic (exact) mass is 302 g/mol. The summed E-state index contributed by atoms with van der Waals surface area (Å²) in [7, 11) is 0. The van der Waals surface area contributed by atoms with Gasteiger partial charge in [-0.15, -0.1) is 0 Å². The fourth-order valence-electron chi connectivity index (χ4n) is 2.17. The molecule has 116 valence electrons. The van der Waals surface area contributed by atoms with Crippen molar-refractivity contribution in [3.05, 3.63) is 65.7 Å². The molecule has 2 aromatic rings.